The second kappa shape index (κ2) is 8.95. The lowest BCUT2D eigenvalue weighted by Crippen LogP contribution is -2.28. The number of carbonyl (C=O) groups excluding carboxylic acids is 1. The van der Waals surface area contributed by atoms with E-state index in [1.807, 2.05) is 66.4 Å². The van der Waals surface area contributed by atoms with Crippen LogP contribution in [0.3, 0.4) is 0 Å². The summed E-state index contributed by atoms with van der Waals surface area (Å²) in [5.74, 6) is 0.810. The molecule has 2 aromatic carbocycles. The minimum atomic E-state index is -0.0401. The average molecular weight is 356 g/mol. The smallest absolute Gasteiger partial charge is 0.252 e. The van der Waals surface area contributed by atoms with E-state index in [0.29, 0.717) is 10.8 Å². The minimum absolute atomic E-state index is 0.0234. The first-order chi connectivity index (χ1) is 12.3. The molecule has 1 fully saturated rings. The minimum Gasteiger partial charge on any atom is -0.497 e. The predicted molar refractivity (Wildman–Crippen MR) is 104 cm³/mol. The number of nitrogens with one attached hydrogen (secondary N) is 1. The summed E-state index contributed by atoms with van der Waals surface area (Å²) >= 11 is 1.88. The van der Waals surface area contributed by atoms with E-state index in [0.717, 1.165) is 11.3 Å². The summed E-state index contributed by atoms with van der Waals surface area (Å²) in [6, 6.07) is 17.4. The molecule has 0 aliphatic heterocycles. The zero-order valence-corrected chi connectivity index (χ0v) is 15.4. The van der Waals surface area contributed by atoms with Gasteiger partial charge in [0.05, 0.1) is 7.11 Å². The third kappa shape index (κ3) is 5.02. The zero-order valence-electron chi connectivity index (χ0n) is 14.6. The predicted octanol–water partition coefficient (Wildman–Crippen LogP) is 5.19. The van der Waals surface area contributed by atoms with Gasteiger partial charge in [-0.25, -0.2) is 0 Å². The molecule has 0 bridgehead atoms. The van der Waals surface area contributed by atoms with E-state index in [9.17, 15) is 4.79 Å². The molecule has 0 radical (unpaired) electrons. The molecule has 3 rings (SSSR count). The van der Waals surface area contributed by atoms with Crippen molar-refractivity contribution in [2.75, 3.05) is 7.11 Å². The molecule has 1 aliphatic rings. The number of rotatable bonds is 6. The highest BCUT2D eigenvalue weighted by molar-refractivity contribution is 8.00. The molecule has 1 aliphatic carbocycles. The van der Waals surface area contributed by atoms with Gasteiger partial charge in [-0.15, -0.1) is 11.8 Å². The van der Waals surface area contributed by atoms with Crippen LogP contribution in [0.25, 0.3) is 0 Å². The van der Waals surface area contributed by atoms with Crippen LogP contribution >= 0.6 is 11.8 Å². The maximum absolute atomic E-state index is 12.6. The van der Waals surface area contributed by atoms with E-state index in [2.05, 4.69) is 5.32 Å². The van der Waals surface area contributed by atoms with Crippen LogP contribution in [-0.2, 0) is 0 Å². The van der Waals surface area contributed by atoms with Crippen molar-refractivity contribution >= 4 is 17.7 Å². The fourth-order valence-corrected chi connectivity index (χ4v) is 4.64. The summed E-state index contributed by atoms with van der Waals surface area (Å²) in [5, 5.41) is 3.79. The van der Waals surface area contributed by atoms with Crippen molar-refractivity contribution in [2.45, 2.75) is 42.7 Å². The summed E-state index contributed by atoms with van der Waals surface area (Å²) in [6.45, 7) is 0. The Hall–Kier alpha value is -1.94. The highest BCUT2D eigenvalue weighted by Crippen LogP contribution is 2.37. The maximum atomic E-state index is 12.6. The highest BCUT2D eigenvalue weighted by Gasteiger charge is 2.22. The first kappa shape index (κ1) is 17.9. The van der Waals surface area contributed by atoms with Crippen molar-refractivity contribution in [3.8, 4) is 5.75 Å². The van der Waals surface area contributed by atoms with Crippen LogP contribution in [0.4, 0.5) is 0 Å². The van der Waals surface area contributed by atoms with Gasteiger partial charge in [0, 0.05) is 10.8 Å². The van der Waals surface area contributed by atoms with Gasteiger partial charge >= 0.3 is 0 Å². The van der Waals surface area contributed by atoms with Crippen molar-refractivity contribution < 1.29 is 9.53 Å². The molecule has 0 heterocycles. The molecule has 0 aromatic heterocycles. The summed E-state index contributed by atoms with van der Waals surface area (Å²) in [7, 11) is 1.67. The van der Waals surface area contributed by atoms with Crippen LogP contribution in [0.1, 0.15) is 53.4 Å². The SMILES string of the molecule is COc1ccc(C(NC(=O)c2ccccc2)SC2CCCCC2)cc1. The second-order valence-corrected chi connectivity index (χ2v) is 7.80. The molecule has 1 amide bonds. The molecule has 0 saturated heterocycles. The van der Waals surface area contributed by atoms with Crippen LogP contribution < -0.4 is 10.1 Å². The lowest BCUT2D eigenvalue weighted by Gasteiger charge is -2.27. The van der Waals surface area contributed by atoms with Crippen LogP contribution in [-0.4, -0.2) is 18.3 Å². The number of ether oxygens (including phenoxy) is 1. The van der Waals surface area contributed by atoms with Crippen molar-refractivity contribution in [1.82, 2.24) is 5.32 Å². The van der Waals surface area contributed by atoms with Gasteiger partial charge in [-0.05, 0) is 42.7 Å². The Morgan fingerprint density at radius 2 is 1.72 bits per heavy atom. The second-order valence-electron chi connectivity index (χ2n) is 6.39. The van der Waals surface area contributed by atoms with Gasteiger partial charge in [-0.3, -0.25) is 4.79 Å². The highest BCUT2D eigenvalue weighted by atomic mass is 32.2. The van der Waals surface area contributed by atoms with Gasteiger partial charge in [0.2, 0.25) is 0 Å². The molecular weight excluding hydrogens is 330 g/mol. The Kier molecular flexibility index (Phi) is 6.40. The summed E-state index contributed by atoms with van der Waals surface area (Å²) in [5.41, 5.74) is 1.81. The number of hydrogen-bond donors (Lipinski definition) is 1. The molecule has 0 spiro atoms. The van der Waals surface area contributed by atoms with Gasteiger partial charge < -0.3 is 10.1 Å². The molecule has 1 N–H and O–H groups in total. The number of benzene rings is 2. The van der Waals surface area contributed by atoms with E-state index in [4.69, 9.17) is 4.74 Å². The normalized spacial score (nSPS) is 16.2. The molecular formula is C21H25NO2S. The molecule has 1 saturated carbocycles. The van der Waals surface area contributed by atoms with Gasteiger partial charge in [0.15, 0.2) is 0 Å². The van der Waals surface area contributed by atoms with Gasteiger partial charge in [0.25, 0.3) is 5.91 Å². The quantitative estimate of drug-likeness (QED) is 0.725. The molecule has 1 atom stereocenters. The number of hydrogen-bond acceptors (Lipinski definition) is 3. The van der Waals surface area contributed by atoms with Crippen molar-refractivity contribution in [1.29, 1.82) is 0 Å². The Balaban J connectivity index is 1.76. The Morgan fingerprint density at radius 3 is 2.36 bits per heavy atom. The van der Waals surface area contributed by atoms with Crippen molar-refractivity contribution in [3.05, 3.63) is 65.7 Å². The van der Waals surface area contributed by atoms with Crippen LogP contribution in [0.2, 0.25) is 0 Å². The maximum Gasteiger partial charge on any atom is 0.252 e. The average Bonchev–Trinajstić information content (AvgIpc) is 2.69. The van der Waals surface area contributed by atoms with Gasteiger partial charge in [-0.2, -0.15) is 0 Å². The molecule has 132 valence electrons. The summed E-state index contributed by atoms with van der Waals surface area (Å²) in [4.78, 5) is 12.6. The Morgan fingerprint density at radius 1 is 1.04 bits per heavy atom. The fourth-order valence-electron chi connectivity index (χ4n) is 3.16. The number of thioether (sulfide) groups is 1. The fraction of sp³-hybridized carbons (Fsp3) is 0.381. The van der Waals surface area contributed by atoms with Gasteiger partial charge in [-0.1, -0.05) is 49.6 Å². The largest absolute Gasteiger partial charge is 0.497 e. The Bertz CT molecular complexity index is 666. The number of amides is 1. The van der Waals surface area contributed by atoms with Crippen LogP contribution in [0.5, 0.6) is 5.75 Å². The molecule has 2 aromatic rings. The first-order valence-electron chi connectivity index (χ1n) is 8.91. The van der Waals surface area contributed by atoms with Crippen molar-refractivity contribution in [2.24, 2.45) is 0 Å². The van der Waals surface area contributed by atoms with E-state index in [1.165, 1.54) is 32.1 Å². The van der Waals surface area contributed by atoms with Crippen LogP contribution in [0.15, 0.2) is 54.6 Å². The first-order valence-corrected chi connectivity index (χ1v) is 9.86. The lowest BCUT2D eigenvalue weighted by molar-refractivity contribution is 0.0949. The zero-order chi connectivity index (χ0) is 17.5. The third-order valence-electron chi connectivity index (χ3n) is 4.60. The number of carbonyl (C=O) groups is 1. The van der Waals surface area contributed by atoms with E-state index in [-0.39, 0.29) is 11.3 Å². The Labute approximate surface area is 154 Å². The van der Waals surface area contributed by atoms with Crippen molar-refractivity contribution in [3.63, 3.8) is 0 Å². The molecule has 3 nitrogen and oxygen atoms in total. The third-order valence-corrected chi connectivity index (χ3v) is 6.12. The number of methoxy groups -OCH3 is 1. The molecule has 4 heteroatoms. The van der Waals surface area contributed by atoms with Crippen LogP contribution in [0, 0.1) is 0 Å². The topological polar surface area (TPSA) is 38.3 Å². The van der Waals surface area contributed by atoms with E-state index < -0.39 is 0 Å². The van der Waals surface area contributed by atoms with E-state index >= 15 is 0 Å². The monoisotopic (exact) mass is 355 g/mol. The van der Waals surface area contributed by atoms with Gasteiger partial charge in [0.1, 0.15) is 11.1 Å². The standard InChI is InChI=1S/C21H25NO2S/c1-24-18-14-12-17(13-15-18)21(25-19-10-6-3-7-11-19)22-20(23)16-8-4-2-5-9-16/h2,4-5,8-9,12-15,19,21H,3,6-7,10-11H2,1H3,(H,22,23). The van der Waals surface area contributed by atoms with E-state index in [1.54, 1.807) is 7.11 Å². The summed E-state index contributed by atoms with van der Waals surface area (Å²) < 4.78 is 5.26. The lowest BCUT2D eigenvalue weighted by atomic mass is 10.0. The molecule has 1 unspecified atom stereocenters. The molecule has 25 heavy (non-hydrogen) atoms. The summed E-state index contributed by atoms with van der Waals surface area (Å²) in [6.07, 6.45) is 6.39.